The normalized spacial score (nSPS) is 11.8. The molecule has 13 nitrogen and oxygen atoms in total. The summed E-state index contributed by atoms with van der Waals surface area (Å²) in [5.74, 6) is -2.47. The third kappa shape index (κ3) is 6.97. The van der Waals surface area contributed by atoms with Crippen molar-refractivity contribution < 1.29 is 23.5 Å². The average molecular weight is 582 g/mol. The maximum Gasteiger partial charge on any atom is 0.339 e. The van der Waals surface area contributed by atoms with Gasteiger partial charge in [-0.05, 0) is 60.7 Å². The van der Waals surface area contributed by atoms with Crippen LogP contribution in [0.4, 0.5) is 10.2 Å². The van der Waals surface area contributed by atoms with Gasteiger partial charge in [0.05, 0.1) is 29.1 Å². The number of nitrogens with zero attached hydrogens (tertiary/aromatic N) is 7. The second kappa shape index (κ2) is 12.9. The van der Waals surface area contributed by atoms with Gasteiger partial charge >= 0.3 is 5.97 Å². The first-order valence-corrected chi connectivity index (χ1v) is 12.7. The van der Waals surface area contributed by atoms with Gasteiger partial charge in [-0.2, -0.15) is 9.78 Å². The van der Waals surface area contributed by atoms with Crippen LogP contribution in [0.3, 0.4) is 0 Å². The lowest BCUT2D eigenvalue weighted by atomic mass is 10.1. The Morgan fingerprint density at radius 3 is 2.66 bits per heavy atom. The molecule has 1 aromatic carbocycles. The van der Waals surface area contributed by atoms with Crippen LogP contribution in [0.25, 0.3) is 11.8 Å². The number of halogens is 2. The number of nitrogens with one attached hydrogen (secondary N) is 2. The Kier molecular flexibility index (Phi) is 9.14. The molecule has 41 heavy (non-hydrogen) atoms. The molecule has 15 heteroatoms. The lowest BCUT2D eigenvalue weighted by Gasteiger charge is -2.17. The monoisotopic (exact) mass is 581 g/mol. The number of ether oxygens (including phenoxy) is 1. The number of amides is 2. The minimum Gasteiger partial charge on any atom is -0.465 e. The molecular weight excluding hydrogens is 557 g/mol. The van der Waals surface area contributed by atoms with Crippen molar-refractivity contribution in [2.24, 2.45) is 0 Å². The molecule has 0 saturated carbocycles. The summed E-state index contributed by atoms with van der Waals surface area (Å²) in [4.78, 5) is 42.0. The van der Waals surface area contributed by atoms with Crippen LogP contribution >= 0.6 is 11.6 Å². The number of aryl methyl sites for hydroxylation is 2. The minimum absolute atomic E-state index is 0.0341. The van der Waals surface area contributed by atoms with E-state index in [9.17, 15) is 18.8 Å². The van der Waals surface area contributed by atoms with Gasteiger partial charge < -0.3 is 15.4 Å². The Bertz CT molecular complexity index is 1590. The van der Waals surface area contributed by atoms with Crippen LogP contribution in [0.2, 0.25) is 5.02 Å². The Morgan fingerprint density at radius 1 is 1.22 bits per heavy atom. The molecule has 4 aromatic rings. The van der Waals surface area contributed by atoms with Crippen LogP contribution in [0.1, 0.15) is 34.2 Å². The summed E-state index contributed by atoms with van der Waals surface area (Å²) < 4.78 is 22.5. The highest BCUT2D eigenvalue weighted by Gasteiger charge is 2.23. The summed E-state index contributed by atoms with van der Waals surface area (Å²) in [6.45, 7) is 4.44. The molecule has 0 unspecified atom stereocenters. The van der Waals surface area contributed by atoms with E-state index in [1.165, 1.54) is 54.7 Å². The Balaban J connectivity index is 1.56. The van der Waals surface area contributed by atoms with E-state index >= 15 is 0 Å². The van der Waals surface area contributed by atoms with Crippen LogP contribution in [0.5, 0.6) is 0 Å². The van der Waals surface area contributed by atoms with Crippen molar-refractivity contribution in [2.75, 3.05) is 12.4 Å². The van der Waals surface area contributed by atoms with E-state index in [2.05, 4.69) is 41.0 Å². The van der Waals surface area contributed by atoms with Gasteiger partial charge in [-0.3, -0.25) is 14.3 Å². The summed E-state index contributed by atoms with van der Waals surface area (Å²) in [6, 6.07) is 6.45. The zero-order valence-electron chi connectivity index (χ0n) is 22.2. The Hall–Kier alpha value is -4.98. The molecule has 0 fully saturated rings. The minimum atomic E-state index is -1.09. The van der Waals surface area contributed by atoms with Gasteiger partial charge in [0.25, 0.3) is 0 Å². The predicted octanol–water partition coefficient (Wildman–Crippen LogP) is 2.54. The van der Waals surface area contributed by atoms with Gasteiger partial charge in [0.15, 0.2) is 5.82 Å². The molecule has 0 bridgehead atoms. The molecular formula is C26H25ClFN9O4. The van der Waals surface area contributed by atoms with Gasteiger partial charge in [-0.25, -0.2) is 14.2 Å². The van der Waals surface area contributed by atoms with E-state index in [-0.39, 0.29) is 34.1 Å². The van der Waals surface area contributed by atoms with Crippen molar-refractivity contribution in [3.05, 3.63) is 82.3 Å². The lowest BCUT2D eigenvalue weighted by molar-refractivity contribution is -0.123. The zero-order chi connectivity index (χ0) is 29.5. The third-order valence-electron chi connectivity index (χ3n) is 5.92. The first kappa shape index (κ1) is 29.0. The van der Waals surface area contributed by atoms with Crippen molar-refractivity contribution in [3.8, 4) is 5.69 Å². The van der Waals surface area contributed by atoms with E-state index in [1.54, 1.807) is 4.68 Å². The Labute approximate surface area is 238 Å². The number of methoxy groups -OCH3 is 1. The molecule has 3 heterocycles. The molecule has 4 rings (SSSR count). The maximum absolute atomic E-state index is 14.9. The van der Waals surface area contributed by atoms with Crippen molar-refractivity contribution in [1.29, 1.82) is 0 Å². The van der Waals surface area contributed by atoms with E-state index in [0.717, 1.165) is 11.8 Å². The predicted molar refractivity (Wildman–Crippen MR) is 146 cm³/mol. The first-order chi connectivity index (χ1) is 19.7. The molecule has 3 aromatic heterocycles. The van der Waals surface area contributed by atoms with E-state index < -0.39 is 29.6 Å². The molecule has 2 amide bonds. The number of tetrazole rings is 1. The van der Waals surface area contributed by atoms with Crippen LogP contribution in [0.15, 0.2) is 48.9 Å². The molecule has 1 atom stereocenters. The number of benzene rings is 1. The molecule has 0 saturated heterocycles. The number of pyridine rings is 1. The number of rotatable bonds is 10. The second-order valence-electron chi connectivity index (χ2n) is 8.65. The second-order valence-corrected chi connectivity index (χ2v) is 9.06. The molecule has 0 spiro atoms. The standard InChI is InChI=1S/C26H25ClFN9O4/c1-4-36-15(2)11-17(33-36)12-20(25(39)32-22-9-5-16(13-29-22)26(40)41-3)31-23(38)10-6-18-21(37-14-30-34-35-37)8-7-19(27)24(18)28/h5-11,13-14,20H,4,12H2,1-3H3,(H,31,38)(H,29,32,39)/t20-/m0/s1. The zero-order valence-corrected chi connectivity index (χ0v) is 23.0. The molecule has 2 N–H and O–H groups in total. The smallest absolute Gasteiger partial charge is 0.339 e. The van der Waals surface area contributed by atoms with Gasteiger partial charge in [-0.15, -0.1) is 5.10 Å². The number of anilines is 1. The van der Waals surface area contributed by atoms with Crippen LogP contribution in [-0.4, -0.2) is 65.9 Å². The largest absolute Gasteiger partial charge is 0.465 e. The molecule has 0 aliphatic rings. The number of esters is 1. The van der Waals surface area contributed by atoms with Crippen LogP contribution in [-0.2, 0) is 27.3 Å². The number of carbonyl (C=O) groups excluding carboxylic acids is 3. The average Bonchev–Trinajstić information content (AvgIpc) is 3.63. The third-order valence-corrected chi connectivity index (χ3v) is 6.21. The summed E-state index contributed by atoms with van der Waals surface area (Å²) in [5.41, 5.74) is 1.88. The van der Waals surface area contributed by atoms with Crippen LogP contribution < -0.4 is 10.6 Å². The fourth-order valence-electron chi connectivity index (χ4n) is 3.90. The van der Waals surface area contributed by atoms with Gasteiger partial charge in [0.2, 0.25) is 11.8 Å². The number of carbonyl (C=O) groups is 3. The summed E-state index contributed by atoms with van der Waals surface area (Å²) in [5, 5.41) is 20.4. The van der Waals surface area contributed by atoms with E-state index in [0.29, 0.717) is 12.2 Å². The van der Waals surface area contributed by atoms with Crippen molar-refractivity contribution in [3.63, 3.8) is 0 Å². The fraction of sp³-hybridized carbons (Fsp3) is 0.231. The molecule has 0 aliphatic carbocycles. The first-order valence-electron chi connectivity index (χ1n) is 12.3. The quantitative estimate of drug-likeness (QED) is 0.212. The van der Waals surface area contributed by atoms with Crippen molar-refractivity contribution in [2.45, 2.75) is 32.9 Å². The van der Waals surface area contributed by atoms with E-state index in [1.807, 2.05) is 19.9 Å². The number of hydrogen-bond donors (Lipinski definition) is 2. The van der Waals surface area contributed by atoms with Crippen molar-refractivity contribution in [1.82, 2.24) is 40.3 Å². The van der Waals surface area contributed by atoms with Gasteiger partial charge in [0.1, 0.15) is 18.2 Å². The SMILES string of the molecule is CCn1nc(C[C@H](NC(=O)C=Cc2c(-n3cnnn3)ccc(Cl)c2F)C(=O)Nc2ccc(C(=O)OC)cn2)cc1C. The van der Waals surface area contributed by atoms with Gasteiger partial charge in [0, 0.05) is 36.5 Å². The lowest BCUT2D eigenvalue weighted by Crippen LogP contribution is -2.45. The van der Waals surface area contributed by atoms with Crippen molar-refractivity contribution >= 4 is 41.3 Å². The highest BCUT2D eigenvalue weighted by atomic mass is 35.5. The molecule has 0 radical (unpaired) electrons. The maximum atomic E-state index is 14.9. The highest BCUT2D eigenvalue weighted by molar-refractivity contribution is 6.31. The van der Waals surface area contributed by atoms with E-state index in [4.69, 9.17) is 11.6 Å². The number of hydrogen-bond acceptors (Lipinski definition) is 9. The summed E-state index contributed by atoms with van der Waals surface area (Å²) in [6.07, 6.45) is 4.87. The Morgan fingerprint density at radius 2 is 2.02 bits per heavy atom. The molecule has 0 aliphatic heterocycles. The highest BCUT2D eigenvalue weighted by Crippen LogP contribution is 2.25. The summed E-state index contributed by atoms with van der Waals surface area (Å²) in [7, 11) is 1.24. The fourth-order valence-corrected chi connectivity index (χ4v) is 4.07. The van der Waals surface area contributed by atoms with Crippen LogP contribution in [0, 0.1) is 12.7 Å². The molecule has 212 valence electrons. The van der Waals surface area contributed by atoms with Gasteiger partial charge in [-0.1, -0.05) is 11.6 Å². The summed E-state index contributed by atoms with van der Waals surface area (Å²) >= 11 is 5.95. The topological polar surface area (TPSA) is 159 Å². The number of aromatic nitrogens is 7.